The molecule has 2 aromatic rings. The van der Waals surface area contributed by atoms with Gasteiger partial charge in [-0.25, -0.2) is 9.97 Å². The summed E-state index contributed by atoms with van der Waals surface area (Å²) in [5, 5.41) is 8.98. The van der Waals surface area contributed by atoms with E-state index >= 15 is 0 Å². The molecule has 0 aliphatic heterocycles. The highest BCUT2D eigenvalue weighted by Gasteiger charge is 2.04. The van der Waals surface area contributed by atoms with Gasteiger partial charge in [-0.15, -0.1) is 22.7 Å². The highest BCUT2D eigenvalue weighted by atomic mass is 32.1. The number of nitrogens with one attached hydrogen (secondary N) is 2. The Morgan fingerprint density at radius 3 is 2.27 bits per heavy atom. The first-order chi connectivity index (χ1) is 10.6. The third-order valence-electron chi connectivity index (χ3n) is 3.23. The minimum atomic E-state index is 0.832. The zero-order valence-electron chi connectivity index (χ0n) is 13.6. The van der Waals surface area contributed by atoms with E-state index in [9.17, 15) is 0 Å². The van der Waals surface area contributed by atoms with Crippen molar-refractivity contribution in [3.8, 4) is 0 Å². The lowest BCUT2D eigenvalue weighted by atomic mass is 10.4. The molecule has 0 radical (unpaired) electrons. The Bertz CT molecular complexity index is 610. The van der Waals surface area contributed by atoms with Gasteiger partial charge in [0.25, 0.3) is 0 Å². The predicted octanol–water partition coefficient (Wildman–Crippen LogP) is 2.48. The second-order valence-corrected chi connectivity index (χ2v) is 7.65. The van der Waals surface area contributed by atoms with Gasteiger partial charge in [0.1, 0.15) is 0 Å². The monoisotopic (exact) mass is 337 g/mol. The third kappa shape index (κ3) is 5.06. The maximum Gasteiger partial charge on any atom is 0.191 e. The van der Waals surface area contributed by atoms with Crippen LogP contribution in [0.25, 0.3) is 0 Å². The van der Waals surface area contributed by atoms with Gasteiger partial charge in [-0.2, -0.15) is 0 Å². The van der Waals surface area contributed by atoms with Crippen molar-refractivity contribution >= 4 is 28.6 Å². The summed E-state index contributed by atoms with van der Waals surface area (Å²) in [6.45, 7) is 7.93. The number of aliphatic imine (C=N–C) groups is 1. The van der Waals surface area contributed by atoms with Gasteiger partial charge < -0.3 is 10.6 Å². The summed E-state index contributed by atoms with van der Waals surface area (Å²) in [5.41, 5.74) is 1.14. The Hall–Kier alpha value is -1.47. The van der Waals surface area contributed by atoms with Gasteiger partial charge in [0, 0.05) is 48.9 Å². The molecule has 7 heteroatoms. The summed E-state index contributed by atoms with van der Waals surface area (Å²) >= 11 is 3.52. The molecule has 0 fully saturated rings. The van der Waals surface area contributed by atoms with E-state index in [1.165, 1.54) is 14.8 Å². The van der Waals surface area contributed by atoms with Gasteiger partial charge in [-0.3, -0.25) is 4.99 Å². The Labute approximate surface area is 139 Å². The fourth-order valence-corrected chi connectivity index (χ4v) is 3.68. The summed E-state index contributed by atoms with van der Waals surface area (Å²) in [6.07, 6.45) is 3.76. The lowest BCUT2D eigenvalue weighted by Crippen LogP contribution is -2.39. The van der Waals surface area contributed by atoms with Crippen molar-refractivity contribution in [2.75, 3.05) is 20.1 Å². The van der Waals surface area contributed by atoms with E-state index in [2.05, 4.69) is 46.4 Å². The number of thiazole rings is 2. The first-order valence-electron chi connectivity index (χ1n) is 7.37. The molecule has 120 valence electrons. The molecule has 2 N–H and O–H groups in total. The van der Waals surface area contributed by atoms with E-state index in [-0.39, 0.29) is 0 Å². The second-order valence-electron chi connectivity index (χ2n) is 5.04. The van der Waals surface area contributed by atoms with Crippen molar-refractivity contribution in [2.45, 2.75) is 33.6 Å². The molecule has 22 heavy (non-hydrogen) atoms. The minimum Gasteiger partial charge on any atom is -0.356 e. The van der Waals surface area contributed by atoms with Crippen LogP contribution in [0.1, 0.15) is 25.5 Å². The first kappa shape index (κ1) is 16.9. The summed E-state index contributed by atoms with van der Waals surface area (Å²) in [5.74, 6) is 0.832. The molecule has 0 amide bonds. The molecular weight excluding hydrogens is 314 g/mol. The number of hydrogen-bond donors (Lipinski definition) is 2. The smallest absolute Gasteiger partial charge is 0.191 e. The molecule has 0 saturated carbocycles. The van der Waals surface area contributed by atoms with Crippen molar-refractivity contribution in [2.24, 2.45) is 4.99 Å². The van der Waals surface area contributed by atoms with E-state index in [0.29, 0.717) is 0 Å². The minimum absolute atomic E-state index is 0.832. The van der Waals surface area contributed by atoms with E-state index < -0.39 is 0 Å². The van der Waals surface area contributed by atoms with Gasteiger partial charge >= 0.3 is 0 Å². The molecular formula is C15H23N5S2. The SMILES string of the molecule is CN=C(NCCc1ncc(C)s1)NCCc1nc(C)c(C)s1. The third-order valence-corrected chi connectivity index (χ3v) is 5.33. The molecule has 0 saturated heterocycles. The average Bonchev–Trinajstić information content (AvgIpc) is 3.03. The predicted molar refractivity (Wildman–Crippen MR) is 95.2 cm³/mol. The summed E-state index contributed by atoms with van der Waals surface area (Å²) in [4.78, 5) is 15.7. The van der Waals surface area contributed by atoms with Crippen molar-refractivity contribution < 1.29 is 0 Å². The molecule has 0 aliphatic carbocycles. The Morgan fingerprint density at radius 1 is 1.09 bits per heavy atom. The summed E-state index contributed by atoms with van der Waals surface area (Å²) in [7, 11) is 1.79. The van der Waals surface area contributed by atoms with E-state index in [4.69, 9.17) is 0 Å². The lowest BCUT2D eigenvalue weighted by molar-refractivity contribution is 0.779. The number of guanidine groups is 1. The molecule has 0 unspecified atom stereocenters. The van der Waals surface area contributed by atoms with Crippen molar-refractivity contribution in [1.82, 2.24) is 20.6 Å². The number of hydrogen-bond acceptors (Lipinski definition) is 5. The fourth-order valence-electron chi connectivity index (χ4n) is 1.96. The van der Waals surface area contributed by atoms with Crippen LogP contribution in [0, 0.1) is 20.8 Å². The number of aryl methyl sites for hydroxylation is 3. The Kier molecular flexibility index (Phi) is 6.33. The largest absolute Gasteiger partial charge is 0.356 e. The number of nitrogens with zero attached hydrogens (tertiary/aromatic N) is 3. The number of rotatable bonds is 6. The lowest BCUT2D eigenvalue weighted by Gasteiger charge is -2.10. The van der Waals surface area contributed by atoms with Crippen LogP contribution in [-0.4, -0.2) is 36.1 Å². The summed E-state index contributed by atoms with van der Waals surface area (Å²) < 4.78 is 0. The molecule has 0 aliphatic rings. The van der Waals surface area contributed by atoms with E-state index in [1.54, 1.807) is 29.7 Å². The zero-order valence-corrected chi connectivity index (χ0v) is 15.2. The van der Waals surface area contributed by atoms with Crippen LogP contribution < -0.4 is 10.6 Å². The van der Waals surface area contributed by atoms with E-state index in [1.807, 2.05) is 6.20 Å². The van der Waals surface area contributed by atoms with Crippen LogP contribution in [0.4, 0.5) is 0 Å². The standard InChI is InChI=1S/C15H23N5S2/c1-10-9-19-13(21-10)5-7-17-15(16-4)18-8-6-14-20-11(2)12(3)22-14/h9H,5-8H2,1-4H3,(H2,16,17,18). The molecule has 0 spiro atoms. The van der Waals surface area contributed by atoms with E-state index in [0.717, 1.165) is 42.6 Å². The normalized spacial score (nSPS) is 11.7. The topological polar surface area (TPSA) is 62.2 Å². The van der Waals surface area contributed by atoms with Crippen LogP contribution in [0.3, 0.4) is 0 Å². The Balaban J connectivity index is 1.68. The first-order valence-corrected chi connectivity index (χ1v) is 9.00. The molecule has 2 aromatic heterocycles. The van der Waals surface area contributed by atoms with Gasteiger partial charge in [-0.1, -0.05) is 0 Å². The zero-order chi connectivity index (χ0) is 15.9. The summed E-state index contributed by atoms with van der Waals surface area (Å²) in [6, 6.07) is 0. The van der Waals surface area contributed by atoms with Gasteiger partial charge in [0.2, 0.25) is 0 Å². The van der Waals surface area contributed by atoms with Crippen LogP contribution >= 0.6 is 22.7 Å². The molecule has 2 heterocycles. The molecule has 5 nitrogen and oxygen atoms in total. The van der Waals surface area contributed by atoms with Crippen LogP contribution in [-0.2, 0) is 12.8 Å². The van der Waals surface area contributed by atoms with Crippen LogP contribution in [0.2, 0.25) is 0 Å². The Morgan fingerprint density at radius 2 is 1.77 bits per heavy atom. The van der Waals surface area contributed by atoms with Crippen molar-refractivity contribution in [1.29, 1.82) is 0 Å². The molecule has 2 rings (SSSR count). The van der Waals surface area contributed by atoms with Gasteiger partial charge in [-0.05, 0) is 20.8 Å². The molecule has 0 atom stereocenters. The molecule has 0 bridgehead atoms. The van der Waals surface area contributed by atoms with Crippen LogP contribution in [0.5, 0.6) is 0 Å². The molecule has 0 aromatic carbocycles. The maximum atomic E-state index is 4.55. The fraction of sp³-hybridized carbons (Fsp3) is 0.533. The van der Waals surface area contributed by atoms with Crippen LogP contribution in [0.15, 0.2) is 11.2 Å². The van der Waals surface area contributed by atoms with Crippen molar-refractivity contribution in [3.05, 3.63) is 31.7 Å². The highest BCUT2D eigenvalue weighted by Crippen LogP contribution is 2.16. The maximum absolute atomic E-state index is 4.55. The van der Waals surface area contributed by atoms with Gasteiger partial charge in [0.15, 0.2) is 5.96 Å². The number of aromatic nitrogens is 2. The van der Waals surface area contributed by atoms with Gasteiger partial charge in [0.05, 0.1) is 15.7 Å². The average molecular weight is 338 g/mol. The van der Waals surface area contributed by atoms with Crippen molar-refractivity contribution in [3.63, 3.8) is 0 Å². The quantitative estimate of drug-likeness (QED) is 0.628. The second kappa shape index (κ2) is 8.24. The highest BCUT2D eigenvalue weighted by molar-refractivity contribution is 7.11.